The molecule has 10 heteroatoms. The smallest absolute Gasteiger partial charge is 0.214 e. The zero-order valence-electron chi connectivity index (χ0n) is 20.9. The molecule has 1 fully saturated rings. The number of anilines is 2. The molecule has 1 aromatic heterocycles. The Hall–Kier alpha value is -4.24. The van der Waals surface area contributed by atoms with Crippen molar-refractivity contribution < 1.29 is 9.13 Å². The molecule has 5 rings (SSSR count). The van der Waals surface area contributed by atoms with Crippen molar-refractivity contribution in [3.05, 3.63) is 83.4 Å². The highest BCUT2D eigenvalue weighted by atomic mass is 35.5. The summed E-state index contributed by atoms with van der Waals surface area (Å²) in [5.74, 6) is 1.39. The topological polar surface area (TPSA) is 89.7 Å². The Morgan fingerprint density at radius 2 is 1.95 bits per heavy atom. The Bertz CT molecular complexity index is 1490. The van der Waals surface area contributed by atoms with Crippen LogP contribution in [0.25, 0.3) is 10.9 Å². The molecule has 8 nitrogen and oxygen atoms in total. The summed E-state index contributed by atoms with van der Waals surface area (Å²) in [4.78, 5) is 10.8. The van der Waals surface area contributed by atoms with Gasteiger partial charge in [-0.05, 0) is 67.3 Å². The van der Waals surface area contributed by atoms with Crippen molar-refractivity contribution in [1.82, 2.24) is 19.9 Å². The molecular weight excluding hydrogens is 505 g/mol. The van der Waals surface area contributed by atoms with Gasteiger partial charge in [-0.2, -0.15) is 5.10 Å². The lowest BCUT2D eigenvalue weighted by Crippen LogP contribution is -2.42. The molecule has 2 heterocycles. The number of halogens is 2. The number of likely N-dealkylation sites (tertiary alicyclic amines) is 1. The lowest BCUT2D eigenvalue weighted by atomic mass is 10.1. The van der Waals surface area contributed by atoms with Crippen LogP contribution in [-0.2, 0) is 0 Å². The number of piperidine rings is 1. The predicted octanol–water partition coefficient (Wildman–Crippen LogP) is 6.64. The molecule has 0 amide bonds. The first-order valence-corrected chi connectivity index (χ1v) is 12.7. The summed E-state index contributed by atoms with van der Waals surface area (Å²) in [5, 5.41) is 19.0. The van der Waals surface area contributed by atoms with Crippen molar-refractivity contribution in [3.63, 3.8) is 0 Å². The van der Waals surface area contributed by atoms with Crippen LogP contribution in [0, 0.1) is 11.2 Å². The molecule has 3 aromatic carbocycles. The number of hydrazone groups is 1. The van der Waals surface area contributed by atoms with Crippen LogP contribution in [0.5, 0.6) is 11.5 Å². The molecule has 0 bridgehead atoms. The van der Waals surface area contributed by atoms with Crippen LogP contribution in [0.15, 0.2) is 72.1 Å². The Morgan fingerprint density at radius 1 is 1.11 bits per heavy atom. The molecule has 0 spiro atoms. The average Bonchev–Trinajstić information content (AvgIpc) is 2.93. The summed E-state index contributed by atoms with van der Waals surface area (Å²) in [6.07, 6.45) is 6.65. The number of hydrogen-bond acceptors (Lipinski definition) is 6. The van der Waals surface area contributed by atoms with Crippen molar-refractivity contribution in [1.29, 1.82) is 5.41 Å². The van der Waals surface area contributed by atoms with E-state index in [0.29, 0.717) is 34.0 Å². The SMILES string of the molecule is CN(N=Cc1ccc2ncnc(Nc3ccc(Oc4cccc(F)c4)c(Cl)c3)c2c1)C(=N)N1CCCCC1. The minimum absolute atomic E-state index is 0.361. The summed E-state index contributed by atoms with van der Waals surface area (Å²) < 4.78 is 19.2. The summed E-state index contributed by atoms with van der Waals surface area (Å²) in [5.41, 5.74) is 2.33. The molecule has 0 unspecified atom stereocenters. The van der Waals surface area contributed by atoms with Gasteiger partial charge in [-0.15, -0.1) is 0 Å². The monoisotopic (exact) mass is 531 g/mol. The van der Waals surface area contributed by atoms with Crippen molar-refractivity contribution in [2.45, 2.75) is 19.3 Å². The summed E-state index contributed by atoms with van der Waals surface area (Å²) in [6, 6.07) is 16.9. The molecule has 4 aromatic rings. The van der Waals surface area contributed by atoms with Crippen molar-refractivity contribution in [3.8, 4) is 11.5 Å². The highest BCUT2D eigenvalue weighted by Gasteiger charge is 2.16. The number of benzene rings is 3. The summed E-state index contributed by atoms with van der Waals surface area (Å²) in [6.45, 7) is 1.78. The van der Waals surface area contributed by atoms with Crippen LogP contribution in [0.2, 0.25) is 5.02 Å². The second-order valence-corrected chi connectivity index (χ2v) is 9.38. The van der Waals surface area contributed by atoms with E-state index in [1.54, 1.807) is 48.6 Å². The third kappa shape index (κ3) is 6.00. The lowest BCUT2D eigenvalue weighted by molar-refractivity contribution is 0.298. The van der Waals surface area contributed by atoms with Crippen LogP contribution < -0.4 is 10.1 Å². The molecule has 0 aliphatic carbocycles. The van der Waals surface area contributed by atoms with Crippen LogP contribution in [-0.4, -0.2) is 52.2 Å². The fourth-order valence-electron chi connectivity index (χ4n) is 4.23. The number of hydrogen-bond donors (Lipinski definition) is 2. The number of guanidine groups is 1. The van der Waals surface area contributed by atoms with E-state index in [2.05, 4.69) is 25.3 Å². The fraction of sp³-hybridized carbons (Fsp3) is 0.214. The summed E-state index contributed by atoms with van der Waals surface area (Å²) >= 11 is 6.45. The fourth-order valence-corrected chi connectivity index (χ4v) is 4.45. The van der Waals surface area contributed by atoms with Gasteiger partial charge in [-0.25, -0.2) is 19.4 Å². The zero-order valence-corrected chi connectivity index (χ0v) is 21.6. The third-order valence-electron chi connectivity index (χ3n) is 6.22. The van der Waals surface area contributed by atoms with E-state index < -0.39 is 0 Å². The van der Waals surface area contributed by atoms with E-state index in [1.807, 2.05) is 18.2 Å². The van der Waals surface area contributed by atoms with Gasteiger partial charge in [-0.3, -0.25) is 5.41 Å². The molecule has 0 radical (unpaired) electrons. The van der Waals surface area contributed by atoms with Gasteiger partial charge < -0.3 is 15.0 Å². The van der Waals surface area contributed by atoms with Crippen molar-refractivity contribution in [2.75, 3.05) is 25.5 Å². The molecule has 1 saturated heterocycles. The molecule has 0 atom stereocenters. The first-order chi connectivity index (χ1) is 18.5. The van der Waals surface area contributed by atoms with Crippen LogP contribution >= 0.6 is 11.6 Å². The van der Waals surface area contributed by atoms with E-state index >= 15 is 0 Å². The minimum Gasteiger partial charge on any atom is -0.456 e. The van der Waals surface area contributed by atoms with Crippen LogP contribution in [0.3, 0.4) is 0 Å². The van der Waals surface area contributed by atoms with Gasteiger partial charge in [0, 0.05) is 37.3 Å². The van der Waals surface area contributed by atoms with E-state index in [0.717, 1.165) is 42.4 Å². The number of rotatable bonds is 6. The highest BCUT2D eigenvalue weighted by molar-refractivity contribution is 6.32. The summed E-state index contributed by atoms with van der Waals surface area (Å²) in [7, 11) is 1.79. The van der Waals surface area contributed by atoms with E-state index in [1.165, 1.54) is 24.9 Å². The second kappa shape index (κ2) is 11.4. The van der Waals surface area contributed by atoms with Gasteiger partial charge in [-0.1, -0.05) is 23.7 Å². The first kappa shape index (κ1) is 25.4. The average molecular weight is 532 g/mol. The van der Waals surface area contributed by atoms with Crippen molar-refractivity contribution in [2.24, 2.45) is 5.10 Å². The Morgan fingerprint density at radius 3 is 2.74 bits per heavy atom. The quantitative estimate of drug-likeness (QED) is 0.164. The molecule has 1 aliphatic rings. The minimum atomic E-state index is -0.385. The maximum atomic E-state index is 13.5. The van der Waals surface area contributed by atoms with Gasteiger partial charge in [0.1, 0.15) is 29.5 Å². The predicted molar refractivity (Wildman–Crippen MR) is 149 cm³/mol. The zero-order chi connectivity index (χ0) is 26.5. The van der Waals surface area contributed by atoms with E-state index in [9.17, 15) is 4.39 Å². The van der Waals surface area contributed by atoms with Gasteiger partial charge in [0.25, 0.3) is 0 Å². The Kier molecular flexibility index (Phi) is 7.65. The highest BCUT2D eigenvalue weighted by Crippen LogP contribution is 2.33. The van der Waals surface area contributed by atoms with Gasteiger partial charge in [0.05, 0.1) is 16.8 Å². The second-order valence-electron chi connectivity index (χ2n) is 8.97. The van der Waals surface area contributed by atoms with Gasteiger partial charge >= 0.3 is 0 Å². The normalized spacial score (nSPS) is 13.6. The molecule has 2 N–H and O–H groups in total. The van der Waals surface area contributed by atoms with E-state index in [4.69, 9.17) is 21.7 Å². The Balaban J connectivity index is 1.32. The number of aromatic nitrogens is 2. The maximum Gasteiger partial charge on any atom is 0.214 e. The first-order valence-electron chi connectivity index (χ1n) is 12.3. The molecule has 1 aliphatic heterocycles. The largest absolute Gasteiger partial charge is 0.456 e. The Labute approximate surface area is 225 Å². The van der Waals surface area contributed by atoms with Crippen LogP contribution in [0.4, 0.5) is 15.9 Å². The van der Waals surface area contributed by atoms with Gasteiger partial charge in [0.15, 0.2) is 0 Å². The maximum absolute atomic E-state index is 13.5. The number of ether oxygens (including phenoxy) is 1. The van der Waals surface area contributed by atoms with Crippen molar-refractivity contribution >= 4 is 46.2 Å². The number of fused-ring (bicyclic) bond motifs is 1. The molecule has 194 valence electrons. The van der Waals surface area contributed by atoms with Gasteiger partial charge in [0.2, 0.25) is 5.96 Å². The molecule has 0 saturated carbocycles. The van der Waals surface area contributed by atoms with E-state index in [-0.39, 0.29) is 5.82 Å². The molecular formula is C28H27ClFN7O. The number of nitrogens with one attached hydrogen (secondary N) is 2. The number of nitrogens with zero attached hydrogens (tertiary/aromatic N) is 5. The standard InChI is InChI=1S/C28H27ClFN7O/c1-36(28(31)37-12-3-2-4-13-37)34-17-19-8-10-25-23(14-19)27(33-18-32-25)35-21-9-11-26(24(29)16-21)38-22-7-5-6-20(30)15-22/h5-11,14-18,31H,2-4,12-13H2,1H3,(H,32,33,35). The molecule has 38 heavy (non-hydrogen) atoms. The third-order valence-corrected chi connectivity index (χ3v) is 6.52. The van der Waals surface area contributed by atoms with Crippen LogP contribution in [0.1, 0.15) is 24.8 Å². The lowest BCUT2D eigenvalue weighted by Gasteiger charge is -2.31.